The average molecular weight is 630 g/mol. The number of aromatic nitrogens is 3. The third kappa shape index (κ3) is 9.13. The van der Waals surface area contributed by atoms with Crippen LogP contribution in [-0.4, -0.2) is 89.0 Å². The summed E-state index contributed by atoms with van der Waals surface area (Å²) in [6.45, 7) is 8.44. The minimum absolute atomic E-state index is 0.0915. The average Bonchev–Trinajstić information content (AvgIpc) is 3.04. The number of nitrogens with one attached hydrogen (secondary N) is 2. The number of rotatable bonds is 11. The number of ether oxygens (including phenoxy) is 1. The smallest absolute Gasteiger partial charge is 0.226 e. The number of pyridine rings is 1. The van der Waals surface area contributed by atoms with Gasteiger partial charge in [0, 0.05) is 62.7 Å². The molecule has 0 bridgehead atoms. The first-order chi connectivity index (χ1) is 21.9. The fourth-order valence-electron chi connectivity index (χ4n) is 5.52. The van der Waals surface area contributed by atoms with Gasteiger partial charge in [0.1, 0.15) is 17.5 Å². The molecule has 12 nitrogen and oxygen atoms in total. The molecule has 2 amide bonds. The normalized spacial score (nSPS) is 15.8. The second-order valence-corrected chi connectivity index (χ2v) is 12.2. The topological polar surface area (TPSA) is 162 Å². The number of carbonyl (C=O) groups excluding carboxylic acids is 2. The van der Waals surface area contributed by atoms with Crippen LogP contribution in [0.4, 0.5) is 11.5 Å². The summed E-state index contributed by atoms with van der Waals surface area (Å²) in [7, 11) is 0. The molecule has 2 saturated heterocycles. The number of carbonyl (C=O) groups is 2. The second kappa shape index (κ2) is 15.7. The van der Waals surface area contributed by atoms with E-state index in [0.717, 1.165) is 57.4 Å². The van der Waals surface area contributed by atoms with Gasteiger partial charge in [-0.1, -0.05) is 30.0 Å². The number of nitrogens with two attached hydrogens (primary N) is 1. The molecule has 2 fully saturated rings. The molecule has 5 rings (SSSR count). The van der Waals surface area contributed by atoms with Gasteiger partial charge in [-0.05, 0) is 50.0 Å². The number of benzene rings is 1. The van der Waals surface area contributed by atoms with Crippen LogP contribution in [0, 0.1) is 17.2 Å². The number of piperidine rings is 1. The highest BCUT2D eigenvalue weighted by Crippen LogP contribution is 2.29. The highest BCUT2D eigenvalue weighted by Gasteiger charge is 2.24. The van der Waals surface area contributed by atoms with Crippen LogP contribution in [0.15, 0.2) is 47.6 Å². The minimum Gasteiger partial charge on any atom is -0.477 e. The molecule has 0 atom stereocenters. The van der Waals surface area contributed by atoms with Crippen molar-refractivity contribution in [3.05, 3.63) is 53.7 Å². The van der Waals surface area contributed by atoms with E-state index in [1.54, 1.807) is 30.3 Å². The van der Waals surface area contributed by atoms with E-state index >= 15 is 0 Å². The number of nitriles is 1. The van der Waals surface area contributed by atoms with Crippen molar-refractivity contribution in [2.45, 2.75) is 37.1 Å². The molecule has 0 unspecified atom stereocenters. The zero-order valence-corrected chi connectivity index (χ0v) is 26.3. The highest BCUT2D eigenvalue weighted by molar-refractivity contribution is 7.98. The van der Waals surface area contributed by atoms with Gasteiger partial charge in [-0.25, -0.2) is 15.0 Å². The van der Waals surface area contributed by atoms with Crippen molar-refractivity contribution in [2.24, 2.45) is 5.92 Å². The maximum atomic E-state index is 12.8. The molecule has 236 valence electrons. The quantitative estimate of drug-likeness (QED) is 0.211. The third-order valence-corrected chi connectivity index (χ3v) is 8.78. The SMILES string of the molecule is CC(=O)Nc1ccc(-c2nc(SCc3cccc(OCCC(=O)N4CCN(CC5CCNCC5)CC4)n3)nc(N)c2C#N)cc1. The standard InChI is InChI=1S/C32H39N9O3S/c1-22(42)36-25-7-5-24(6-8-25)30-27(19-33)31(34)39-32(38-30)45-21-26-3-2-4-28(37-26)44-18-11-29(43)41-16-14-40(15-17-41)20-23-9-12-35-13-10-23/h2-8,23,35H,9-18,20-21H2,1H3,(H,36,42)(H2,34,38,39). The lowest BCUT2D eigenvalue weighted by atomic mass is 9.97. The number of thioether (sulfide) groups is 1. The molecule has 0 aliphatic carbocycles. The van der Waals surface area contributed by atoms with Crippen LogP contribution in [0.2, 0.25) is 0 Å². The molecule has 0 saturated carbocycles. The summed E-state index contributed by atoms with van der Waals surface area (Å²) in [5, 5.41) is 16.2. The van der Waals surface area contributed by atoms with Crippen molar-refractivity contribution in [3.63, 3.8) is 0 Å². The van der Waals surface area contributed by atoms with Crippen molar-refractivity contribution in [3.8, 4) is 23.2 Å². The molecule has 1 aromatic carbocycles. The monoisotopic (exact) mass is 629 g/mol. The molecular weight excluding hydrogens is 590 g/mol. The Balaban J connectivity index is 1.10. The minimum atomic E-state index is -0.172. The van der Waals surface area contributed by atoms with Crippen molar-refractivity contribution >= 4 is 35.1 Å². The summed E-state index contributed by atoms with van der Waals surface area (Å²) < 4.78 is 5.84. The van der Waals surface area contributed by atoms with E-state index in [0.29, 0.717) is 40.2 Å². The van der Waals surface area contributed by atoms with Gasteiger partial charge in [-0.2, -0.15) is 5.26 Å². The maximum absolute atomic E-state index is 12.8. The number of hydrogen-bond acceptors (Lipinski definition) is 11. The molecule has 4 N–H and O–H groups in total. The summed E-state index contributed by atoms with van der Waals surface area (Å²) in [6.07, 6.45) is 2.78. The summed E-state index contributed by atoms with van der Waals surface area (Å²) in [5.41, 5.74) is 8.80. The van der Waals surface area contributed by atoms with Gasteiger partial charge in [-0.15, -0.1) is 0 Å². The molecule has 2 aromatic heterocycles. The lowest BCUT2D eigenvalue weighted by Crippen LogP contribution is -2.50. The van der Waals surface area contributed by atoms with E-state index in [2.05, 4.69) is 36.6 Å². The van der Waals surface area contributed by atoms with Crippen molar-refractivity contribution in [1.29, 1.82) is 5.26 Å². The molecule has 3 aromatic rings. The first kappa shape index (κ1) is 32.2. The van der Waals surface area contributed by atoms with Crippen LogP contribution in [0.5, 0.6) is 5.88 Å². The lowest BCUT2D eigenvalue weighted by Gasteiger charge is -2.37. The Kier molecular flexibility index (Phi) is 11.2. The van der Waals surface area contributed by atoms with E-state index < -0.39 is 0 Å². The first-order valence-electron chi connectivity index (χ1n) is 15.3. The first-order valence-corrected chi connectivity index (χ1v) is 16.2. The lowest BCUT2D eigenvalue weighted by molar-refractivity contribution is -0.133. The van der Waals surface area contributed by atoms with E-state index in [4.69, 9.17) is 10.5 Å². The van der Waals surface area contributed by atoms with Crippen molar-refractivity contribution in [2.75, 3.05) is 63.5 Å². The Hall–Kier alpha value is -4.25. The largest absolute Gasteiger partial charge is 0.477 e. The zero-order valence-electron chi connectivity index (χ0n) is 25.5. The number of amides is 2. The number of hydrogen-bond donors (Lipinski definition) is 3. The molecule has 2 aliphatic heterocycles. The Morgan fingerprint density at radius 1 is 1.09 bits per heavy atom. The molecule has 4 heterocycles. The fourth-order valence-corrected chi connectivity index (χ4v) is 6.28. The van der Waals surface area contributed by atoms with Crippen molar-refractivity contribution in [1.82, 2.24) is 30.1 Å². The Bertz CT molecular complexity index is 1520. The summed E-state index contributed by atoms with van der Waals surface area (Å²) >= 11 is 1.34. The van der Waals surface area contributed by atoms with E-state index in [-0.39, 0.29) is 29.8 Å². The Morgan fingerprint density at radius 2 is 1.84 bits per heavy atom. The summed E-state index contributed by atoms with van der Waals surface area (Å²) in [6, 6.07) is 14.6. The van der Waals surface area contributed by atoms with Crippen LogP contribution in [0.1, 0.15) is 37.4 Å². The van der Waals surface area contributed by atoms with E-state index in [9.17, 15) is 14.9 Å². The van der Waals surface area contributed by atoms with Gasteiger partial charge >= 0.3 is 0 Å². The maximum Gasteiger partial charge on any atom is 0.226 e. The highest BCUT2D eigenvalue weighted by atomic mass is 32.2. The van der Waals surface area contributed by atoms with Gasteiger partial charge in [0.05, 0.1) is 24.4 Å². The molecule has 0 radical (unpaired) electrons. The van der Waals surface area contributed by atoms with Gasteiger partial charge in [0.2, 0.25) is 17.7 Å². The van der Waals surface area contributed by atoms with Gasteiger partial charge < -0.3 is 26.0 Å². The van der Waals surface area contributed by atoms with Crippen molar-refractivity contribution < 1.29 is 14.3 Å². The molecule has 13 heteroatoms. The second-order valence-electron chi connectivity index (χ2n) is 11.2. The molecular formula is C32H39N9O3S. The van der Waals surface area contributed by atoms with Crippen LogP contribution >= 0.6 is 11.8 Å². The van der Waals surface area contributed by atoms with E-state index in [1.165, 1.54) is 31.5 Å². The summed E-state index contributed by atoms with van der Waals surface area (Å²) in [4.78, 5) is 42.1. The van der Waals surface area contributed by atoms with Crippen LogP contribution in [-0.2, 0) is 15.3 Å². The summed E-state index contributed by atoms with van der Waals surface area (Å²) in [5.74, 6) is 1.69. The molecule has 0 spiro atoms. The molecule has 45 heavy (non-hydrogen) atoms. The fraction of sp³-hybridized carbons (Fsp3) is 0.438. The van der Waals surface area contributed by atoms with Crippen LogP contribution < -0.4 is 21.1 Å². The van der Waals surface area contributed by atoms with Crippen LogP contribution in [0.25, 0.3) is 11.3 Å². The Labute approximate surface area is 267 Å². The third-order valence-electron chi connectivity index (χ3n) is 7.90. The number of nitrogens with zero attached hydrogens (tertiary/aromatic N) is 6. The Morgan fingerprint density at radius 3 is 2.56 bits per heavy atom. The number of nitrogen functional groups attached to an aromatic ring is 1. The number of piperazine rings is 1. The predicted octanol–water partition coefficient (Wildman–Crippen LogP) is 3.16. The van der Waals surface area contributed by atoms with Gasteiger partial charge in [0.15, 0.2) is 5.16 Å². The number of anilines is 2. The van der Waals surface area contributed by atoms with Gasteiger partial charge in [0.25, 0.3) is 0 Å². The van der Waals surface area contributed by atoms with Crippen LogP contribution in [0.3, 0.4) is 0 Å². The van der Waals surface area contributed by atoms with Gasteiger partial charge in [-0.3, -0.25) is 14.5 Å². The predicted molar refractivity (Wildman–Crippen MR) is 173 cm³/mol. The molecule has 2 aliphatic rings. The zero-order chi connectivity index (χ0) is 31.6. The van der Waals surface area contributed by atoms with E-state index in [1.807, 2.05) is 17.0 Å².